The Balaban J connectivity index is 1.16. The van der Waals surface area contributed by atoms with E-state index in [9.17, 15) is 24.0 Å². The van der Waals surface area contributed by atoms with Crippen molar-refractivity contribution in [1.82, 2.24) is 88.6 Å². The number of guanidine groups is 3. The van der Waals surface area contributed by atoms with Crippen molar-refractivity contribution in [2.45, 2.75) is 196 Å². The molecule has 3 aliphatic heterocycles. The molecule has 3 aliphatic rings. The van der Waals surface area contributed by atoms with Crippen molar-refractivity contribution >= 4 is 105 Å². The molecule has 0 aliphatic carbocycles. The fraction of sp³-hybridized carbons (Fsp3) is 0.494. The van der Waals surface area contributed by atoms with Crippen LogP contribution in [0.4, 0.5) is 0 Å². The molecule has 0 radical (unpaired) electrons. The van der Waals surface area contributed by atoms with Gasteiger partial charge in [-0.05, 0) is 119 Å². The highest BCUT2D eigenvalue weighted by molar-refractivity contribution is 6.01. The van der Waals surface area contributed by atoms with Crippen LogP contribution in [0.3, 0.4) is 0 Å². The maximum atomic E-state index is 15.5. The van der Waals surface area contributed by atoms with Gasteiger partial charge in [-0.15, -0.1) is 0 Å². The Morgan fingerprint density at radius 1 is 0.500 bits per heavy atom. The van der Waals surface area contributed by atoms with Crippen molar-refractivity contribution in [3.05, 3.63) is 126 Å². The van der Waals surface area contributed by atoms with Crippen molar-refractivity contribution in [2.24, 2.45) is 28.9 Å². The number of unbranched alkanes of at least 4 members (excludes halogenated alkanes) is 2. The van der Waals surface area contributed by atoms with Crippen molar-refractivity contribution in [3.8, 4) is 0 Å². The number of Topliss-reactive ketones (excluding diaryl/α,β-unsaturated/α-hetero) is 1. The molecular formula is C77H108N24O13. The Labute approximate surface area is 659 Å². The number of nitrogens with one attached hydrogen (secondary N) is 17. The molecule has 0 saturated carbocycles. The van der Waals surface area contributed by atoms with Crippen molar-refractivity contribution in [2.75, 3.05) is 39.3 Å². The van der Waals surface area contributed by atoms with Crippen LogP contribution in [-0.4, -0.2) is 219 Å². The van der Waals surface area contributed by atoms with Gasteiger partial charge < -0.3 is 107 Å². The molecule has 3 saturated heterocycles. The lowest BCUT2D eigenvalue weighted by Crippen LogP contribution is -2.60. The Kier molecular flexibility index (Phi) is 33.6. The average molecular weight is 1580 g/mol. The number of para-hydroxylation sites is 1. The average Bonchev–Trinajstić information content (AvgIpc) is 1.64. The molecule has 37 nitrogen and oxygen atoms in total. The van der Waals surface area contributed by atoms with E-state index in [4.69, 9.17) is 39.2 Å². The molecule has 37 heteroatoms. The first-order chi connectivity index (χ1) is 54.7. The number of fused-ring (bicyclic) bond motifs is 3. The zero-order valence-corrected chi connectivity index (χ0v) is 64.0. The number of benzene rings is 3. The molecule has 3 fully saturated rings. The number of imidazole rings is 1. The number of ketones is 1. The topological polar surface area (TPSA) is 593 Å². The van der Waals surface area contributed by atoms with Gasteiger partial charge in [0.2, 0.25) is 70.9 Å². The molecule has 614 valence electrons. The summed E-state index contributed by atoms with van der Waals surface area (Å²) < 4.78 is 0. The van der Waals surface area contributed by atoms with Gasteiger partial charge in [-0.25, -0.2) is 4.98 Å². The van der Waals surface area contributed by atoms with E-state index in [0.29, 0.717) is 65.5 Å². The lowest BCUT2D eigenvalue weighted by atomic mass is 9.90. The summed E-state index contributed by atoms with van der Waals surface area (Å²) in [7, 11) is 0. The van der Waals surface area contributed by atoms with E-state index < -0.39 is 156 Å². The largest absolute Gasteiger partial charge is 0.370 e. The van der Waals surface area contributed by atoms with E-state index in [1.54, 1.807) is 91.1 Å². The smallest absolute Gasteiger partial charge is 0.246 e. The van der Waals surface area contributed by atoms with Crippen LogP contribution >= 0.6 is 0 Å². The number of amides is 12. The lowest BCUT2D eigenvalue weighted by Gasteiger charge is -2.34. The second kappa shape index (κ2) is 43.9. The standard InChI is InChI=1S/C77H108N24O13/c1-45(102)92-54(25-11-13-31-87-75(79)80)67(107)93-53(27-15-33-89-77(83)84)66(106)86-30-12-10-26-55-68(108)99-60(37-47-20-6-3-7-21-47)73(113)101-35-17-29-62(101)74(114)100-34-16-28-61(100)72(112)98-58(40-50-43-85-44-91-50)70(110)95-56(36-46-18-4-2-5-19-46)63(103)39-48(22-14-32-88-76(81)82)65(105)96-57(38-49-42-90-52-24-9-8-23-51(49)52)69(109)97-59(41-64(78)104)71(111)94-55/h2-9,18-21,23-24,42-44,48,53-62,90H,10-17,22,25-41H2,1H3,(H2,78,104)(H,85,91)(H,86,106)(H,92,102)(H,93,107)(H,94,111)(H,95,110)(H,96,105)(H,97,109)(H,98,112)(H,99,108)(H4,79,80,87)(H4,81,82,88)(H4,83,84,89)/t48-,53+,54+,55+,56-,57+,58+,59+,60+,61+,62-/m1/s1. The number of hydrogen-bond acceptors (Lipinski definition) is 17. The number of aromatic amines is 2. The number of nitrogens with zero attached hydrogens (tertiary/aromatic N) is 3. The van der Waals surface area contributed by atoms with Crippen LogP contribution < -0.4 is 86.7 Å². The Bertz CT molecular complexity index is 4180. The third-order valence-corrected chi connectivity index (χ3v) is 20.2. The van der Waals surface area contributed by atoms with Gasteiger partial charge in [0.25, 0.3) is 0 Å². The molecule has 12 amide bonds. The molecule has 0 spiro atoms. The summed E-state index contributed by atoms with van der Waals surface area (Å²) in [5.41, 5.74) is 25.2. The van der Waals surface area contributed by atoms with Crippen LogP contribution in [-0.2, 0) is 88.0 Å². The molecule has 25 N–H and O–H groups in total. The molecule has 3 aromatic carbocycles. The van der Waals surface area contributed by atoms with Crippen molar-refractivity contribution in [1.29, 1.82) is 16.2 Å². The minimum atomic E-state index is -1.87. The highest BCUT2D eigenvalue weighted by Crippen LogP contribution is 2.28. The quantitative estimate of drug-likeness (QED) is 0.0125. The molecule has 114 heavy (non-hydrogen) atoms. The maximum Gasteiger partial charge on any atom is 0.246 e. The van der Waals surface area contributed by atoms with E-state index in [2.05, 4.69) is 78.8 Å². The fourth-order valence-corrected chi connectivity index (χ4v) is 14.4. The third kappa shape index (κ3) is 27.2. The maximum absolute atomic E-state index is 15.5. The predicted molar refractivity (Wildman–Crippen MR) is 421 cm³/mol. The third-order valence-electron chi connectivity index (χ3n) is 20.2. The van der Waals surface area contributed by atoms with Gasteiger partial charge >= 0.3 is 0 Å². The van der Waals surface area contributed by atoms with E-state index in [-0.39, 0.29) is 140 Å². The van der Waals surface area contributed by atoms with E-state index in [0.717, 1.165) is 0 Å². The summed E-state index contributed by atoms with van der Waals surface area (Å²) in [4.78, 5) is 204. The zero-order chi connectivity index (χ0) is 82.2. The highest BCUT2D eigenvalue weighted by Gasteiger charge is 2.45. The number of hydrogen-bond donors (Lipinski definition) is 21. The highest BCUT2D eigenvalue weighted by atomic mass is 16.2. The SMILES string of the molecule is CC(=O)N[C@@H](CCCCNC(=N)N)C(=O)N[C@@H](CCCNC(=N)N)C(=O)NCCCC[C@@H]1NC(=O)[C@H](CC(N)=O)NC(=O)[C@H](Cc2c[nH]c3ccccc23)NC(=O)[C@H](CCCNC(=N)N)CC(=O)[C@@H](Cc2ccccc2)NC(=O)[C@H](Cc2cnc[nH]2)NC(=O)[C@@H]2CCCN2C(=O)[C@H]2CCCN2C(=O)[C@H](Cc2ccccc2)NC1=O. The summed E-state index contributed by atoms with van der Waals surface area (Å²) in [5.74, 6) is -12.4. The molecule has 11 atom stereocenters. The first-order valence-electron chi connectivity index (χ1n) is 38.6. The number of rotatable bonds is 32. The van der Waals surface area contributed by atoms with Crippen molar-refractivity contribution < 1.29 is 62.3 Å². The van der Waals surface area contributed by atoms with Gasteiger partial charge in [-0.2, -0.15) is 0 Å². The minimum absolute atomic E-state index is 0.0348. The van der Waals surface area contributed by atoms with Crippen LogP contribution in [0.2, 0.25) is 0 Å². The van der Waals surface area contributed by atoms with Crippen LogP contribution in [0.5, 0.6) is 0 Å². The second-order valence-corrected chi connectivity index (χ2v) is 28.9. The van der Waals surface area contributed by atoms with Gasteiger partial charge in [0.05, 0.1) is 18.8 Å². The molecular weight excluding hydrogens is 1470 g/mol. The number of primary amides is 1. The lowest BCUT2D eigenvalue weighted by molar-refractivity contribution is -0.148. The number of carbonyl (C=O) groups excluding carboxylic acids is 13. The van der Waals surface area contributed by atoms with E-state index in [1.165, 1.54) is 29.2 Å². The Hall–Kier alpha value is -12.5. The molecule has 5 heterocycles. The van der Waals surface area contributed by atoms with Gasteiger partial charge in [0.15, 0.2) is 23.7 Å². The fourth-order valence-electron chi connectivity index (χ4n) is 14.4. The first kappa shape index (κ1) is 87.1. The van der Waals surface area contributed by atoms with Crippen LogP contribution in [0.15, 0.2) is 104 Å². The number of aromatic nitrogens is 3. The first-order valence-corrected chi connectivity index (χ1v) is 38.6. The minimum Gasteiger partial charge on any atom is -0.370 e. The van der Waals surface area contributed by atoms with Gasteiger partial charge in [-0.1, -0.05) is 78.9 Å². The van der Waals surface area contributed by atoms with Gasteiger partial charge in [0.1, 0.15) is 54.4 Å². The van der Waals surface area contributed by atoms with Gasteiger partial charge in [0, 0.05) is 107 Å². The molecule has 8 rings (SSSR count). The van der Waals surface area contributed by atoms with Crippen LogP contribution in [0.25, 0.3) is 10.9 Å². The molecule has 0 bridgehead atoms. The van der Waals surface area contributed by atoms with E-state index in [1.807, 2.05) is 0 Å². The Morgan fingerprint density at radius 2 is 1.02 bits per heavy atom. The monoisotopic (exact) mass is 1580 g/mol. The molecule has 0 unspecified atom stereocenters. The number of nitrogens with two attached hydrogens (primary N) is 4. The predicted octanol–water partition coefficient (Wildman–Crippen LogP) is -2.03. The second-order valence-electron chi connectivity index (χ2n) is 28.9. The van der Waals surface area contributed by atoms with E-state index >= 15 is 38.4 Å². The summed E-state index contributed by atoms with van der Waals surface area (Å²) in [6.45, 7) is 1.85. The van der Waals surface area contributed by atoms with Crippen LogP contribution in [0, 0.1) is 22.1 Å². The molecule has 2 aromatic heterocycles. The van der Waals surface area contributed by atoms with Crippen molar-refractivity contribution in [3.63, 3.8) is 0 Å². The summed E-state index contributed by atoms with van der Waals surface area (Å²) >= 11 is 0. The number of carbonyl (C=O) groups is 13. The number of H-pyrrole nitrogens is 2. The summed E-state index contributed by atoms with van der Waals surface area (Å²) in [6, 6.07) is 10.7. The van der Waals surface area contributed by atoms with Gasteiger partial charge in [-0.3, -0.25) is 78.6 Å². The van der Waals surface area contributed by atoms with Crippen LogP contribution in [0.1, 0.15) is 132 Å². The zero-order valence-electron chi connectivity index (χ0n) is 64.0. The summed E-state index contributed by atoms with van der Waals surface area (Å²) in [5, 5.41) is 56.5. The normalized spacial score (nSPS) is 21.5. The molecule has 5 aromatic rings. The Morgan fingerprint density at radius 3 is 1.66 bits per heavy atom. The summed E-state index contributed by atoms with van der Waals surface area (Å²) in [6.07, 6.45) is 4.73.